The van der Waals surface area contributed by atoms with Crippen LogP contribution in [-0.4, -0.2) is 11.1 Å². The molecule has 1 heterocycles. The third kappa shape index (κ3) is 3.95. The van der Waals surface area contributed by atoms with Crippen LogP contribution in [0.1, 0.15) is 24.0 Å². The van der Waals surface area contributed by atoms with Gasteiger partial charge >= 0.3 is 6.18 Å². The first-order valence-electron chi connectivity index (χ1n) is 9.29. The molecule has 0 saturated carbocycles. The Bertz CT molecular complexity index is 1170. The highest BCUT2D eigenvalue weighted by molar-refractivity contribution is 6.32. The molecule has 0 bridgehead atoms. The molecule has 156 valence electrons. The van der Waals surface area contributed by atoms with Crippen LogP contribution in [0.15, 0.2) is 65.6 Å². The Hall–Kier alpha value is -2.77. The van der Waals surface area contributed by atoms with Gasteiger partial charge in [-0.2, -0.15) is 13.2 Å². The third-order valence-corrected chi connectivity index (χ3v) is 5.60. The summed E-state index contributed by atoms with van der Waals surface area (Å²) in [5.41, 5.74) is 5.22. The van der Waals surface area contributed by atoms with Gasteiger partial charge in [-0.15, -0.1) is 0 Å². The van der Waals surface area contributed by atoms with Crippen LogP contribution in [0.25, 0.3) is 10.8 Å². The Balaban J connectivity index is 1.53. The van der Waals surface area contributed by atoms with Gasteiger partial charge in [0, 0.05) is 11.6 Å². The molecule has 2 aromatic carbocycles. The van der Waals surface area contributed by atoms with E-state index < -0.39 is 17.3 Å². The molecule has 0 spiro atoms. The van der Waals surface area contributed by atoms with Gasteiger partial charge in [-0.25, -0.2) is 0 Å². The third-order valence-electron chi connectivity index (χ3n) is 5.30. The lowest BCUT2D eigenvalue weighted by atomic mass is 9.81. The molecular weight excluding hydrogens is 417 g/mol. The van der Waals surface area contributed by atoms with E-state index in [-0.39, 0.29) is 11.7 Å². The fourth-order valence-corrected chi connectivity index (χ4v) is 3.80. The van der Waals surface area contributed by atoms with Crippen LogP contribution in [0.4, 0.5) is 13.2 Å². The van der Waals surface area contributed by atoms with E-state index in [1.807, 2.05) is 0 Å². The molecule has 0 fully saturated rings. The maximum atomic E-state index is 12.8. The summed E-state index contributed by atoms with van der Waals surface area (Å²) < 4.78 is 44.3. The second kappa shape index (κ2) is 7.49. The number of rotatable bonds is 3. The smallest absolute Gasteiger partial charge is 0.416 e. The molecule has 2 atom stereocenters. The second-order valence-electron chi connectivity index (χ2n) is 7.35. The summed E-state index contributed by atoms with van der Waals surface area (Å²) in [6.45, 7) is 0. The van der Waals surface area contributed by atoms with Gasteiger partial charge in [0.15, 0.2) is 0 Å². The van der Waals surface area contributed by atoms with Crippen molar-refractivity contribution in [3.05, 3.63) is 87.3 Å². The Morgan fingerprint density at radius 1 is 1.17 bits per heavy atom. The van der Waals surface area contributed by atoms with Crippen molar-refractivity contribution in [3.8, 4) is 5.75 Å². The van der Waals surface area contributed by atoms with Crippen LogP contribution in [0, 0.1) is 0 Å². The number of nitrogens with one attached hydrogen (secondary N) is 1. The maximum absolute atomic E-state index is 12.8. The fraction of sp³-hybridized carbons (Fsp3) is 0.227. The van der Waals surface area contributed by atoms with E-state index in [0.29, 0.717) is 39.9 Å². The highest BCUT2D eigenvalue weighted by Gasteiger charge is 2.33. The van der Waals surface area contributed by atoms with E-state index in [0.717, 1.165) is 12.1 Å². The Kier molecular flexibility index (Phi) is 5.11. The predicted molar refractivity (Wildman–Crippen MR) is 110 cm³/mol. The largest absolute Gasteiger partial charge is 0.485 e. The number of aromatic nitrogens is 1. The van der Waals surface area contributed by atoms with E-state index in [1.54, 1.807) is 36.5 Å². The highest BCUT2D eigenvalue weighted by Crippen LogP contribution is 2.36. The Labute approximate surface area is 175 Å². The van der Waals surface area contributed by atoms with Crippen LogP contribution >= 0.6 is 11.6 Å². The van der Waals surface area contributed by atoms with Crippen molar-refractivity contribution >= 4 is 22.4 Å². The number of hydrogen-bond acceptors (Lipinski definition) is 3. The normalized spacial score (nSPS) is 21.7. The van der Waals surface area contributed by atoms with Gasteiger partial charge in [-0.05, 0) is 60.2 Å². The minimum absolute atomic E-state index is 0.233. The molecular formula is C22H18ClF3N2O2. The molecule has 0 radical (unpaired) electrons. The van der Waals surface area contributed by atoms with Gasteiger partial charge in [0.1, 0.15) is 11.9 Å². The van der Waals surface area contributed by atoms with E-state index in [9.17, 15) is 18.0 Å². The molecule has 0 amide bonds. The van der Waals surface area contributed by atoms with E-state index in [4.69, 9.17) is 22.1 Å². The van der Waals surface area contributed by atoms with Gasteiger partial charge in [0.2, 0.25) is 0 Å². The molecule has 1 aliphatic rings. The summed E-state index contributed by atoms with van der Waals surface area (Å²) in [7, 11) is 0. The molecule has 0 unspecified atom stereocenters. The highest BCUT2D eigenvalue weighted by atomic mass is 35.5. The van der Waals surface area contributed by atoms with Crippen LogP contribution in [-0.2, 0) is 11.7 Å². The second-order valence-corrected chi connectivity index (χ2v) is 7.75. The van der Waals surface area contributed by atoms with Crippen molar-refractivity contribution in [2.75, 3.05) is 0 Å². The molecule has 0 saturated heterocycles. The fourth-order valence-electron chi connectivity index (χ4n) is 3.59. The molecule has 1 aliphatic carbocycles. The Morgan fingerprint density at radius 3 is 2.53 bits per heavy atom. The number of fused-ring (bicyclic) bond motifs is 1. The lowest BCUT2D eigenvalue weighted by Crippen LogP contribution is -2.39. The molecule has 0 aliphatic heterocycles. The van der Waals surface area contributed by atoms with Crippen molar-refractivity contribution in [2.24, 2.45) is 5.73 Å². The lowest BCUT2D eigenvalue weighted by molar-refractivity contribution is -0.137. The summed E-state index contributed by atoms with van der Waals surface area (Å²) in [5, 5.41) is 1.49. The standard InChI is InChI=1S/C22H18ClF3N2O2/c23-18-12-17-13(7-10-28-20(17)29)11-19(18)30-16-5-8-21(27,9-6-16)14-1-3-15(4-2-14)22(24,25)26/h1-5,7-8,10-12,16H,6,9,27H2,(H,28,29)/t16-,21+/m1/s1. The van der Waals surface area contributed by atoms with Crippen LogP contribution < -0.4 is 16.0 Å². The topological polar surface area (TPSA) is 68.1 Å². The van der Waals surface area contributed by atoms with Crippen LogP contribution in [0.5, 0.6) is 5.75 Å². The van der Waals surface area contributed by atoms with Crippen LogP contribution in [0.3, 0.4) is 0 Å². The summed E-state index contributed by atoms with van der Waals surface area (Å²) in [6.07, 6.45) is 1.46. The molecule has 8 heteroatoms. The predicted octanol–water partition coefficient (Wildman–Crippen LogP) is 5.15. The maximum Gasteiger partial charge on any atom is 0.416 e. The number of pyridine rings is 1. The summed E-state index contributed by atoms with van der Waals surface area (Å²) in [6, 6.07) is 9.92. The molecule has 4 rings (SSSR count). The number of nitrogens with two attached hydrogens (primary N) is 1. The number of hydrogen-bond donors (Lipinski definition) is 2. The van der Waals surface area contributed by atoms with Gasteiger partial charge in [-0.3, -0.25) is 4.79 Å². The number of ether oxygens (including phenoxy) is 1. The lowest BCUT2D eigenvalue weighted by Gasteiger charge is -2.33. The van der Waals surface area contributed by atoms with E-state index in [2.05, 4.69) is 4.98 Å². The average Bonchev–Trinajstić information content (AvgIpc) is 2.71. The first-order valence-corrected chi connectivity index (χ1v) is 9.67. The minimum Gasteiger partial charge on any atom is -0.485 e. The minimum atomic E-state index is -4.38. The SMILES string of the molecule is N[C@@]1(c2ccc(C(F)(F)F)cc2)C=C[C@@H](Oc2cc3cc[nH]c(=O)c3cc2Cl)CC1. The number of H-pyrrole nitrogens is 1. The molecule has 30 heavy (non-hydrogen) atoms. The quantitative estimate of drug-likeness (QED) is 0.560. The van der Waals surface area contributed by atoms with Crippen molar-refractivity contribution in [2.45, 2.75) is 30.7 Å². The van der Waals surface area contributed by atoms with Gasteiger partial charge in [-0.1, -0.05) is 29.8 Å². The number of benzene rings is 2. The van der Waals surface area contributed by atoms with Crippen molar-refractivity contribution in [1.82, 2.24) is 4.98 Å². The van der Waals surface area contributed by atoms with Crippen molar-refractivity contribution < 1.29 is 17.9 Å². The Morgan fingerprint density at radius 2 is 1.90 bits per heavy atom. The summed E-state index contributed by atoms with van der Waals surface area (Å²) >= 11 is 6.28. The number of alkyl halides is 3. The average molecular weight is 435 g/mol. The van der Waals surface area contributed by atoms with E-state index in [1.165, 1.54) is 12.1 Å². The number of halogens is 4. The van der Waals surface area contributed by atoms with E-state index >= 15 is 0 Å². The zero-order chi connectivity index (χ0) is 21.5. The molecule has 1 aromatic heterocycles. The number of aromatic amines is 1. The van der Waals surface area contributed by atoms with Crippen LogP contribution in [0.2, 0.25) is 5.02 Å². The molecule has 4 nitrogen and oxygen atoms in total. The zero-order valence-corrected chi connectivity index (χ0v) is 16.4. The van der Waals surface area contributed by atoms with Crippen molar-refractivity contribution in [1.29, 1.82) is 0 Å². The van der Waals surface area contributed by atoms with Gasteiger partial charge in [0.05, 0.1) is 16.1 Å². The van der Waals surface area contributed by atoms with Gasteiger partial charge < -0.3 is 15.5 Å². The summed E-state index contributed by atoms with van der Waals surface area (Å²) in [4.78, 5) is 14.5. The first kappa shape index (κ1) is 20.5. The van der Waals surface area contributed by atoms with Crippen molar-refractivity contribution in [3.63, 3.8) is 0 Å². The summed E-state index contributed by atoms with van der Waals surface area (Å²) in [5.74, 6) is 0.448. The van der Waals surface area contributed by atoms with Gasteiger partial charge in [0.25, 0.3) is 5.56 Å². The zero-order valence-electron chi connectivity index (χ0n) is 15.7. The molecule has 3 N–H and O–H groups in total. The molecule has 3 aromatic rings. The monoisotopic (exact) mass is 434 g/mol. The first-order chi connectivity index (χ1) is 14.2.